The van der Waals surface area contributed by atoms with Gasteiger partial charge in [0.1, 0.15) is 83.5 Å². The number of phenolic OH excluding ortho intramolecular Hbond substituents is 1. The van der Waals surface area contributed by atoms with Crippen molar-refractivity contribution in [3.8, 4) is 23.0 Å². The Morgan fingerprint density at radius 2 is 1.29 bits per heavy atom. The lowest BCUT2D eigenvalue weighted by atomic mass is 9.95. The van der Waals surface area contributed by atoms with E-state index in [1.807, 2.05) is 0 Å². The van der Waals surface area contributed by atoms with Gasteiger partial charge in [0.05, 0.1) is 19.6 Å². The van der Waals surface area contributed by atoms with Crippen LogP contribution in [0.25, 0.3) is 0 Å². The fraction of sp³-hybridized carbons (Fsp3) is 0.519. The van der Waals surface area contributed by atoms with Crippen LogP contribution >= 0.6 is 0 Å². The van der Waals surface area contributed by atoms with Gasteiger partial charge in [-0.05, 0) is 17.7 Å². The van der Waals surface area contributed by atoms with Gasteiger partial charge in [-0.1, -0.05) is 12.1 Å². The van der Waals surface area contributed by atoms with E-state index in [0.717, 1.165) is 6.07 Å². The highest BCUT2D eigenvalue weighted by Gasteiger charge is 2.46. The Bertz CT molecular complexity index is 1250. The second-order valence-corrected chi connectivity index (χ2v) is 10.3. The van der Waals surface area contributed by atoms with E-state index in [0.29, 0.717) is 5.56 Å². The number of fused-ring (bicyclic) bond motifs is 1. The summed E-state index contributed by atoms with van der Waals surface area (Å²) in [7, 11) is 0. The van der Waals surface area contributed by atoms with Gasteiger partial charge in [0.25, 0.3) is 0 Å². The van der Waals surface area contributed by atoms with Gasteiger partial charge in [-0.2, -0.15) is 0 Å². The summed E-state index contributed by atoms with van der Waals surface area (Å²) < 4.78 is 27.9. The number of rotatable bonds is 7. The Morgan fingerprint density at radius 3 is 1.83 bits per heavy atom. The third kappa shape index (κ3) is 5.76. The first-order chi connectivity index (χ1) is 20.0. The van der Waals surface area contributed by atoms with E-state index in [-0.39, 0.29) is 35.0 Å². The standard InChI is InChI=1S/C27H32O15/c28-8-17-20(32)22(34)24(36)26(41-17)38-12-3-1-10(2-4-12)14-7-13(31)19-15(39-14)5-11(30)6-16(19)40-27-25(37)23(35)21(33)18(9-29)42-27/h1-6,14,17-18,20-30,32-37H,7-9H2. The average Bonchev–Trinajstić information content (AvgIpc) is 2.97. The lowest BCUT2D eigenvalue weighted by Gasteiger charge is -2.40. The number of aromatic hydroxyl groups is 1. The number of aliphatic hydroxyl groups excluding tert-OH is 8. The van der Waals surface area contributed by atoms with Crippen LogP contribution < -0.4 is 14.2 Å². The number of Topliss-reactive ketones (excluding diaryl/α,β-unsaturated/α-hetero) is 1. The number of phenols is 1. The van der Waals surface area contributed by atoms with Gasteiger partial charge < -0.3 is 69.6 Å². The SMILES string of the molecule is O=C1CC(c2ccc(OC3OC(CO)C(O)C(O)C3O)cc2)Oc2cc(O)cc(OC3OC(CO)C(O)C(O)C3O)c21. The fourth-order valence-corrected chi connectivity index (χ4v) is 5.04. The van der Waals surface area contributed by atoms with E-state index < -0.39 is 86.5 Å². The molecule has 0 aromatic heterocycles. The molecule has 0 spiro atoms. The molecular weight excluding hydrogens is 564 g/mol. The fourth-order valence-electron chi connectivity index (χ4n) is 5.04. The minimum atomic E-state index is -1.74. The first-order valence-electron chi connectivity index (χ1n) is 13.1. The minimum absolute atomic E-state index is 0.0301. The molecule has 2 saturated heterocycles. The molecule has 11 unspecified atom stereocenters. The third-order valence-corrected chi connectivity index (χ3v) is 7.41. The molecule has 11 atom stereocenters. The van der Waals surface area contributed by atoms with Crippen molar-refractivity contribution in [2.75, 3.05) is 13.2 Å². The zero-order valence-corrected chi connectivity index (χ0v) is 21.9. The second kappa shape index (κ2) is 12.3. The van der Waals surface area contributed by atoms with Crippen LogP contribution in [0.3, 0.4) is 0 Å². The number of carbonyl (C=O) groups excluding carboxylic acids is 1. The van der Waals surface area contributed by atoms with Crippen LogP contribution in [0.1, 0.15) is 28.4 Å². The zero-order chi connectivity index (χ0) is 30.3. The average molecular weight is 597 g/mol. The maximum absolute atomic E-state index is 13.2. The van der Waals surface area contributed by atoms with Crippen LogP contribution in [0, 0.1) is 0 Å². The lowest BCUT2D eigenvalue weighted by Crippen LogP contribution is -2.60. The second-order valence-electron chi connectivity index (χ2n) is 10.3. The summed E-state index contributed by atoms with van der Waals surface area (Å²) in [5.74, 6) is -0.815. The molecule has 9 N–H and O–H groups in total. The van der Waals surface area contributed by atoms with E-state index in [1.54, 1.807) is 12.1 Å². The molecule has 230 valence electrons. The summed E-state index contributed by atoms with van der Waals surface area (Å²) in [5.41, 5.74) is 0.485. The Kier molecular flexibility index (Phi) is 8.86. The van der Waals surface area contributed by atoms with Gasteiger partial charge in [-0.25, -0.2) is 0 Å². The summed E-state index contributed by atoms with van der Waals surface area (Å²) in [6, 6.07) is 8.46. The molecule has 2 aromatic carbocycles. The maximum Gasteiger partial charge on any atom is 0.229 e. The molecule has 3 aliphatic rings. The number of hydrogen-bond donors (Lipinski definition) is 9. The Morgan fingerprint density at radius 1 is 0.738 bits per heavy atom. The number of benzene rings is 2. The number of carbonyl (C=O) groups is 1. The lowest BCUT2D eigenvalue weighted by molar-refractivity contribution is -0.277. The van der Waals surface area contributed by atoms with Gasteiger partial charge in [0.15, 0.2) is 5.78 Å². The number of aliphatic hydroxyl groups is 8. The molecule has 3 aliphatic heterocycles. The first kappa shape index (κ1) is 30.4. The van der Waals surface area contributed by atoms with Crippen LogP contribution in [-0.2, 0) is 9.47 Å². The molecule has 5 rings (SSSR count). The maximum atomic E-state index is 13.2. The third-order valence-electron chi connectivity index (χ3n) is 7.41. The monoisotopic (exact) mass is 596 g/mol. The van der Waals surface area contributed by atoms with E-state index in [9.17, 15) is 50.8 Å². The molecule has 15 heteroatoms. The van der Waals surface area contributed by atoms with Crippen molar-refractivity contribution in [3.63, 3.8) is 0 Å². The van der Waals surface area contributed by atoms with Crippen molar-refractivity contribution in [2.24, 2.45) is 0 Å². The molecular formula is C27H32O15. The van der Waals surface area contributed by atoms with E-state index in [2.05, 4.69) is 0 Å². The Labute approximate surface area is 238 Å². The smallest absolute Gasteiger partial charge is 0.229 e. The predicted octanol–water partition coefficient (Wildman–Crippen LogP) is -2.54. The van der Waals surface area contributed by atoms with Gasteiger partial charge in [-0.3, -0.25) is 4.79 Å². The molecule has 0 saturated carbocycles. The number of ketones is 1. The van der Waals surface area contributed by atoms with Crippen molar-refractivity contribution in [2.45, 2.75) is 73.9 Å². The van der Waals surface area contributed by atoms with Crippen molar-refractivity contribution < 1.29 is 74.4 Å². The summed E-state index contributed by atoms with van der Waals surface area (Å²) in [6.07, 6.45) is -16.1. The summed E-state index contributed by atoms with van der Waals surface area (Å²) in [5, 5.41) is 89.5. The molecule has 0 radical (unpaired) electrons. The van der Waals surface area contributed by atoms with Crippen LogP contribution in [-0.4, -0.2) is 126 Å². The Hall–Kier alpha value is -3.09. The zero-order valence-electron chi connectivity index (χ0n) is 21.9. The Balaban J connectivity index is 1.31. The molecule has 42 heavy (non-hydrogen) atoms. The molecule has 0 aliphatic carbocycles. The molecule has 2 fully saturated rings. The summed E-state index contributed by atoms with van der Waals surface area (Å²) in [4.78, 5) is 13.2. The van der Waals surface area contributed by atoms with Crippen molar-refractivity contribution in [1.82, 2.24) is 0 Å². The van der Waals surface area contributed by atoms with Crippen LogP contribution in [0.15, 0.2) is 36.4 Å². The van der Waals surface area contributed by atoms with Crippen molar-refractivity contribution in [1.29, 1.82) is 0 Å². The molecule has 0 amide bonds. The minimum Gasteiger partial charge on any atom is -0.508 e. The predicted molar refractivity (Wildman–Crippen MR) is 136 cm³/mol. The highest BCUT2D eigenvalue weighted by atomic mass is 16.7. The molecule has 2 aromatic rings. The van der Waals surface area contributed by atoms with E-state index >= 15 is 0 Å². The summed E-state index contributed by atoms with van der Waals surface area (Å²) >= 11 is 0. The van der Waals surface area contributed by atoms with Crippen molar-refractivity contribution in [3.05, 3.63) is 47.5 Å². The van der Waals surface area contributed by atoms with Gasteiger partial charge in [0.2, 0.25) is 12.6 Å². The van der Waals surface area contributed by atoms with Gasteiger partial charge >= 0.3 is 0 Å². The summed E-state index contributed by atoms with van der Waals surface area (Å²) in [6.45, 7) is -1.29. The van der Waals surface area contributed by atoms with Crippen LogP contribution in [0.2, 0.25) is 0 Å². The van der Waals surface area contributed by atoms with Gasteiger partial charge in [0, 0.05) is 12.1 Å². The quantitative estimate of drug-likeness (QED) is 0.160. The van der Waals surface area contributed by atoms with E-state index in [4.69, 9.17) is 23.7 Å². The molecule has 0 bridgehead atoms. The normalized spacial score (nSPS) is 36.6. The van der Waals surface area contributed by atoms with E-state index in [1.165, 1.54) is 18.2 Å². The number of ether oxygens (including phenoxy) is 5. The molecule has 15 nitrogen and oxygen atoms in total. The van der Waals surface area contributed by atoms with Crippen molar-refractivity contribution >= 4 is 5.78 Å². The highest BCUT2D eigenvalue weighted by molar-refractivity contribution is 6.02. The van der Waals surface area contributed by atoms with Crippen LogP contribution in [0.5, 0.6) is 23.0 Å². The van der Waals surface area contributed by atoms with Crippen LogP contribution in [0.4, 0.5) is 0 Å². The largest absolute Gasteiger partial charge is 0.508 e. The topological polar surface area (TPSA) is 245 Å². The first-order valence-corrected chi connectivity index (χ1v) is 13.1. The highest BCUT2D eigenvalue weighted by Crippen LogP contribution is 2.43. The number of hydrogen-bond acceptors (Lipinski definition) is 15. The van der Waals surface area contributed by atoms with Gasteiger partial charge in [-0.15, -0.1) is 0 Å². The molecule has 3 heterocycles.